The molecule has 0 bridgehead atoms. The topological polar surface area (TPSA) is 82.1 Å². The third-order valence-electron chi connectivity index (χ3n) is 5.57. The average Bonchev–Trinajstić information content (AvgIpc) is 2.81. The van der Waals surface area contributed by atoms with E-state index >= 15 is 0 Å². The number of unbranched alkanes of at least 4 members (excludes halogenated alkanes) is 3. The zero-order valence-corrected chi connectivity index (χ0v) is 18.6. The second-order valence-electron chi connectivity index (χ2n) is 8.18. The molecule has 0 saturated heterocycles. The molecule has 172 valence electrons. The maximum atomic E-state index is 12.4. The van der Waals surface area contributed by atoms with Gasteiger partial charge in [0.2, 0.25) is 0 Å². The van der Waals surface area contributed by atoms with Gasteiger partial charge in [-0.2, -0.15) is 0 Å². The minimum atomic E-state index is -0.476. The first-order chi connectivity index (χ1) is 15.5. The van der Waals surface area contributed by atoms with Crippen molar-refractivity contribution < 1.29 is 28.9 Å². The Hall–Kier alpha value is -2.86. The fraction of sp³-hybridized carbons (Fsp3) is 0.462. The number of esters is 2. The Bertz CT molecular complexity index is 851. The van der Waals surface area contributed by atoms with E-state index in [0.717, 1.165) is 18.6 Å². The summed E-state index contributed by atoms with van der Waals surface area (Å²) in [5.41, 5.74) is 0.822. The van der Waals surface area contributed by atoms with Gasteiger partial charge in [0.25, 0.3) is 0 Å². The SMILES string of the molecule is CCCCCCOc1ccc(C(=O)Oc2ccc(C(=O)OC3CCC(O)CC3)cc2)cc1. The van der Waals surface area contributed by atoms with Crippen molar-refractivity contribution in [3.8, 4) is 11.5 Å². The van der Waals surface area contributed by atoms with Gasteiger partial charge in [0.05, 0.1) is 23.8 Å². The molecule has 1 aliphatic rings. The lowest BCUT2D eigenvalue weighted by Crippen LogP contribution is -2.26. The number of carbonyl (C=O) groups excluding carboxylic acids is 2. The van der Waals surface area contributed by atoms with E-state index < -0.39 is 11.9 Å². The maximum Gasteiger partial charge on any atom is 0.343 e. The third-order valence-corrected chi connectivity index (χ3v) is 5.57. The molecule has 6 heteroatoms. The van der Waals surface area contributed by atoms with E-state index in [1.807, 2.05) is 0 Å². The van der Waals surface area contributed by atoms with Gasteiger partial charge in [0.1, 0.15) is 17.6 Å². The molecular formula is C26H32O6. The first kappa shape index (κ1) is 23.8. The summed E-state index contributed by atoms with van der Waals surface area (Å²) in [6.07, 6.45) is 6.77. The van der Waals surface area contributed by atoms with Crippen LogP contribution in [0.25, 0.3) is 0 Å². The number of benzene rings is 2. The van der Waals surface area contributed by atoms with Crippen LogP contribution >= 0.6 is 0 Å². The van der Waals surface area contributed by atoms with Crippen LogP contribution in [-0.2, 0) is 4.74 Å². The molecule has 0 atom stereocenters. The highest BCUT2D eigenvalue weighted by Gasteiger charge is 2.23. The van der Waals surface area contributed by atoms with Gasteiger partial charge in [-0.05, 0) is 80.6 Å². The van der Waals surface area contributed by atoms with E-state index in [2.05, 4.69) is 6.92 Å². The summed E-state index contributed by atoms with van der Waals surface area (Å²) in [6.45, 7) is 2.84. The van der Waals surface area contributed by atoms with Crippen molar-refractivity contribution in [1.82, 2.24) is 0 Å². The van der Waals surface area contributed by atoms with Crippen LogP contribution in [-0.4, -0.2) is 35.9 Å². The van der Waals surface area contributed by atoms with Gasteiger partial charge >= 0.3 is 11.9 Å². The molecule has 0 aromatic heterocycles. The average molecular weight is 441 g/mol. The van der Waals surface area contributed by atoms with Crippen LogP contribution in [0, 0.1) is 0 Å². The van der Waals surface area contributed by atoms with Gasteiger partial charge in [-0.25, -0.2) is 9.59 Å². The highest BCUT2D eigenvalue weighted by Crippen LogP contribution is 2.23. The van der Waals surface area contributed by atoms with Crippen LogP contribution < -0.4 is 9.47 Å². The van der Waals surface area contributed by atoms with E-state index in [9.17, 15) is 14.7 Å². The molecule has 0 amide bonds. The first-order valence-corrected chi connectivity index (χ1v) is 11.5. The van der Waals surface area contributed by atoms with Gasteiger partial charge in [0.15, 0.2) is 0 Å². The fourth-order valence-corrected chi connectivity index (χ4v) is 3.61. The Morgan fingerprint density at radius 1 is 0.812 bits per heavy atom. The second kappa shape index (κ2) is 12.2. The van der Waals surface area contributed by atoms with Crippen molar-refractivity contribution in [3.05, 3.63) is 59.7 Å². The summed E-state index contributed by atoms with van der Waals surface area (Å²) in [4.78, 5) is 24.7. The highest BCUT2D eigenvalue weighted by atomic mass is 16.5. The van der Waals surface area contributed by atoms with Crippen molar-refractivity contribution >= 4 is 11.9 Å². The molecule has 1 fully saturated rings. The van der Waals surface area contributed by atoms with E-state index in [4.69, 9.17) is 14.2 Å². The van der Waals surface area contributed by atoms with Crippen LogP contribution in [0.3, 0.4) is 0 Å². The van der Waals surface area contributed by atoms with Crippen molar-refractivity contribution in [2.24, 2.45) is 0 Å². The van der Waals surface area contributed by atoms with Gasteiger partial charge < -0.3 is 19.3 Å². The van der Waals surface area contributed by atoms with Crippen molar-refractivity contribution in [3.63, 3.8) is 0 Å². The minimum absolute atomic E-state index is 0.160. The highest BCUT2D eigenvalue weighted by molar-refractivity contribution is 5.92. The van der Waals surface area contributed by atoms with Gasteiger partial charge in [0, 0.05) is 0 Å². The van der Waals surface area contributed by atoms with E-state index in [1.165, 1.54) is 12.8 Å². The molecule has 2 aromatic rings. The normalized spacial score (nSPS) is 18.1. The molecule has 0 aliphatic heterocycles. The Morgan fingerprint density at radius 3 is 2.03 bits per heavy atom. The Labute approximate surface area is 189 Å². The fourth-order valence-electron chi connectivity index (χ4n) is 3.61. The Balaban J connectivity index is 1.46. The lowest BCUT2D eigenvalue weighted by atomic mass is 9.95. The summed E-state index contributed by atoms with van der Waals surface area (Å²) in [5.74, 6) is 0.196. The number of rotatable bonds is 10. The molecule has 0 unspecified atom stereocenters. The number of aliphatic hydroxyl groups excluding tert-OH is 1. The molecule has 32 heavy (non-hydrogen) atoms. The van der Waals surface area contributed by atoms with Crippen LogP contribution in [0.1, 0.15) is 79.0 Å². The predicted octanol–water partition coefficient (Wildman–Crippen LogP) is 5.33. The zero-order valence-electron chi connectivity index (χ0n) is 18.6. The molecule has 1 aliphatic carbocycles. The molecule has 1 saturated carbocycles. The standard InChI is InChI=1S/C26H32O6/c1-2-3-4-5-18-30-22-12-6-19(7-13-22)25(28)31-23-14-8-20(9-15-23)26(29)32-24-16-10-21(27)11-17-24/h6-9,12-15,21,24,27H,2-5,10-11,16-18H2,1H3. The predicted molar refractivity (Wildman–Crippen MR) is 121 cm³/mol. The molecule has 0 spiro atoms. The maximum absolute atomic E-state index is 12.4. The van der Waals surface area contributed by atoms with Crippen molar-refractivity contribution in [2.75, 3.05) is 6.61 Å². The summed E-state index contributed by atoms with van der Waals surface area (Å²) in [7, 11) is 0. The van der Waals surface area contributed by atoms with Crippen molar-refractivity contribution in [2.45, 2.75) is 70.5 Å². The summed E-state index contributed by atoms with van der Waals surface area (Å²) < 4.78 is 16.6. The van der Waals surface area contributed by atoms with Crippen LogP contribution in [0.15, 0.2) is 48.5 Å². The van der Waals surface area contributed by atoms with Gasteiger partial charge in [-0.15, -0.1) is 0 Å². The number of aliphatic hydroxyl groups is 1. The molecule has 0 heterocycles. The van der Waals surface area contributed by atoms with Crippen LogP contribution in [0.5, 0.6) is 11.5 Å². The van der Waals surface area contributed by atoms with E-state index in [-0.39, 0.29) is 12.2 Å². The number of ether oxygens (including phenoxy) is 3. The minimum Gasteiger partial charge on any atom is -0.494 e. The Kier molecular flexibility index (Phi) is 9.11. The Morgan fingerprint density at radius 2 is 1.41 bits per heavy atom. The monoisotopic (exact) mass is 440 g/mol. The lowest BCUT2D eigenvalue weighted by Gasteiger charge is -2.25. The number of hydrogen-bond donors (Lipinski definition) is 1. The smallest absolute Gasteiger partial charge is 0.343 e. The summed E-state index contributed by atoms with van der Waals surface area (Å²) >= 11 is 0. The molecule has 1 N–H and O–H groups in total. The van der Waals surface area contributed by atoms with E-state index in [1.54, 1.807) is 48.5 Å². The molecule has 0 radical (unpaired) electrons. The van der Waals surface area contributed by atoms with Crippen LogP contribution in [0.2, 0.25) is 0 Å². The molecule has 3 rings (SSSR count). The van der Waals surface area contributed by atoms with Gasteiger partial charge in [-0.1, -0.05) is 26.2 Å². The molecule has 2 aromatic carbocycles. The third kappa shape index (κ3) is 7.38. The number of hydrogen-bond acceptors (Lipinski definition) is 6. The first-order valence-electron chi connectivity index (χ1n) is 11.5. The lowest BCUT2D eigenvalue weighted by molar-refractivity contribution is 0.00459. The quantitative estimate of drug-likeness (QED) is 0.306. The van der Waals surface area contributed by atoms with Crippen molar-refractivity contribution in [1.29, 1.82) is 0 Å². The second-order valence-corrected chi connectivity index (χ2v) is 8.18. The number of carbonyl (C=O) groups is 2. The largest absolute Gasteiger partial charge is 0.494 e. The zero-order chi connectivity index (χ0) is 22.8. The molecular weight excluding hydrogens is 408 g/mol. The molecule has 6 nitrogen and oxygen atoms in total. The van der Waals surface area contributed by atoms with Crippen LogP contribution in [0.4, 0.5) is 0 Å². The van der Waals surface area contributed by atoms with Gasteiger partial charge in [-0.3, -0.25) is 0 Å². The van der Waals surface area contributed by atoms with E-state index in [0.29, 0.717) is 49.2 Å². The summed E-state index contributed by atoms with van der Waals surface area (Å²) in [6, 6.07) is 13.2. The summed E-state index contributed by atoms with van der Waals surface area (Å²) in [5, 5.41) is 9.55.